The van der Waals surface area contributed by atoms with Gasteiger partial charge in [0.1, 0.15) is 0 Å². The van der Waals surface area contributed by atoms with E-state index in [0.29, 0.717) is 33.6 Å². The van der Waals surface area contributed by atoms with Gasteiger partial charge in [-0.1, -0.05) is 36.4 Å². The van der Waals surface area contributed by atoms with Crippen molar-refractivity contribution in [3.63, 3.8) is 0 Å². The van der Waals surface area contributed by atoms with Gasteiger partial charge in [0.05, 0.1) is 43.4 Å². The van der Waals surface area contributed by atoms with Crippen LogP contribution >= 0.6 is 0 Å². The maximum Gasteiger partial charge on any atom is 0.266 e. The maximum absolute atomic E-state index is 14.5. The zero-order valence-electron chi connectivity index (χ0n) is 30.3. The minimum absolute atomic E-state index is 0.0355. The Hall–Kier alpha value is -6.85. The molecule has 4 amide bonds. The topological polar surface area (TPSA) is 161 Å². The summed E-state index contributed by atoms with van der Waals surface area (Å²) in [6.45, 7) is 6.49. The molecule has 0 saturated carbocycles. The van der Waals surface area contributed by atoms with Crippen LogP contribution in [0.25, 0.3) is 22.3 Å². The van der Waals surface area contributed by atoms with Crippen LogP contribution in [0.1, 0.15) is 63.7 Å². The first kappa shape index (κ1) is 35.2. The van der Waals surface area contributed by atoms with Gasteiger partial charge in [-0.3, -0.25) is 19.2 Å². The van der Waals surface area contributed by atoms with Crippen LogP contribution < -0.4 is 21.3 Å². The highest BCUT2D eigenvalue weighted by Crippen LogP contribution is 2.40. The predicted molar refractivity (Wildman–Crippen MR) is 212 cm³/mol. The summed E-state index contributed by atoms with van der Waals surface area (Å²) in [4.78, 5) is 56.8. The molecule has 4 N–H and O–H groups in total. The van der Waals surface area contributed by atoms with Crippen molar-refractivity contribution in [2.24, 2.45) is 0 Å². The van der Waals surface area contributed by atoms with Crippen molar-refractivity contribution >= 4 is 56.2 Å². The third kappa shape index (κ3) is 5.59. The Morgan fingerprint density at radius 1 is 0.400 bits per heavy atom. The van der Waals surface area contributed by atoms with Crippen molar-refractivity contribution in [3.05, 3.63) is 154 Å². The summed E-state index contributed by atoms with van der Waals surface area (Å²) >= 11 is 0. The lowest BCUT2D eigenvalue weighted by Crippen LogP contribution is -2.30. The summed E-state index contributed by atoms with van der Waals surface area (Å²) in [6, 6.07) is 30.6. The number of nitrogens with zero attached hydrogens (tertiary/aromatic N) is 2. The van der Waals surface area contributed by atoms with Crippen LogP contribution in [-0.2, 0) is 9.84 Å². The molecule has 2 heterocycles. The number of nitrogens with two attached hydrogens (primary N) is 2. The second-order valence-electron chi connectivity index (χ2n) is 14.0. The smallest absolute Gasteiger partial charge is 0.266 e. The molecule has 0 radical (unpaired) electrons. The number of amides is 4. The third-order valence-corrected chi connectivity index (χ3v) is 12.6. The number of anilines is 4. The van der Waals surface area contributed by atoms with Crippen LogP contribution in [0.3, 0.4) is 0 Å². The van der Waals surface area contributed by atoms with Crippen LogP contribution in [0.4, 0.5) is 22.7 Å². The molecule has 0 spiro atoms. The number of carbonyl (C=O) groups is 4. The monoisotopic (exact) mass is 746 g/mol. The van der Waals surface area contributed by atoms with Crippen LogP contribution in [0, 0.1) is 27.7 Å². The standard InChI is InChI=1S/C44H34N4O6S/c1-23-17-33(47-41(49)35-15-9-29(21-37(35)43(47)51)27-5-11-31(45)12-6-27)18-24(2)39(23)55(53,54)40-25(3)19-34(20-26(40)4)48-42(50)36-16-10-30(22-38(36)44(48)52)28-7-13-32(46)14-8-28/h5-22H,45-46H2,1-4H3. The van der Waals surface area contributed by atoms with Crippen molar-refractivity contribution in [1.82, 2.24) is 0 Å². The average molecular weight is 747 g/mol. The normalized spacial score (nSPS) is 13.8. The fraction of sp³-hybridized carbons (Fsp3) is 0.0909. The van der Waals surface area contributed by atoms with E-state index in [9.17, 15) is 27.6 Å². The summed E-state index contributed by atoms with van der Waals surface area (Å²) in [5.74, 6) is -2.03. The summed E-state index contributed by atoms with van der Waals surface area (Å²) in [6.07, 6.45) is 0. The molecule has 272 valence electrons. The van der Waals surface area contributed by atoms with Gasteiger partial charge in [0.15, 0.2) is 0 Å². The first-order valence-electron chi connectivity index (χ1n) is 17.4. The van der Waals surface area contributed by atoms with Gasteiger partial charge in [0.25, 0.3) is 23.6 Å². The fourth-order valence-electron chi connectivity index (χ4n) is 7.72. The molecule has 0 atom stereocenters. The lowest BCUT2D eigenvalue weighted by atomic mass is 10.00. The van der Waals surface area contributed by atoms with Gasteiger partial charge in [-0.25, -0.2) is 18.2 Å². The minimum Gasteiger partial charge on any atom is -0.399 e. The maximum atomic E-state index is 14.5. The Labute approximate surface area is 317 Å². The number of sulfone groups is 1. The number of fused-ring (bicyclic) bond motifs is 2. The van der Waals surface area contributed by atoms with E-state index in [1.807, 2.05) is 24.3 Å². The average Bonchev–Trinajstić information content (AvgIpc) is 3.54. The van der Waals surface area contributed by atoms with Crippen LogP contribution in [-0.4, -0.2) is 32.0 Å². The Kier molecular flexibility index (Phi) is 8.09. The van der Waals surface area contributed by atoms with Gasteiger partial charge in [0, 0.05) is 11.4 Å². The SMILES string of the molecule is Cc1cc(N2C(=O)c3ccc(-c4ccc(N)cc4)cc3C2=O)cc(C)c1S(=O)(=O)c1c(C)cc(N2C(=O)c3ccc(-c4ccc(N)cc4)cc3C2=O)cc1C. The summed E-state index contributed by atoms with van der Waals surface area (Å²) < 4.78 is 28.9. The molecule has 0 bridgehead atoms. The first-order chi connectivity index (χ1) is 26.1. The molecule has 8 rings (SSSR count). The molecule has 0 aromatic heterocycles. The molecule has 6 aromatic rings. The number of carbonyl (C=O) groups excluding carboxylic acids is 4. The van der Waals surface area contributed by atoms with Gasteiger partial charge in [0.2, 0.25) is 9.84 Å². The highest BCUT2D eigenvalue weighted by molar-refractivity contribution is 7.91. The quantitative estimate of drug-likeness (QED) is 0.129. The number of hydrogen-bond donors (Lipinski definition) is 2. The van der Waals surface area contributed by atoms with E-state index in [4.69, 9.17) is 11.5 Å². The molecule has 2 aliphatic rings. The van der Waals surface area contributed by atoms with Gasteiger partial charge in [-0.2, -0.15) is 0 Å². The fourth-order valence-corrected chi connectivity index (χ4v) is 9.86. The third-order valence-electron chi connectivity index (χ3n) is 10.2. The van der Waals surface area contributed by atoms with Gasteiger partial charge in [-0.15, -0.1) is 0 Å². The number of aryl methyl sites for hydroxylation is 4. The number of imide groups is 2. The molecule has 10 nitrogen and oxygen atoms in total. The van der Waals surface area contributed by atoms with E-state index >= 15 is 0 Å². The number of nitrogen functional groups attached to an aromatic ring is 2. The summed E-state index contributed by atoms with van der Waals surface area (Å²) in [5.41, 5.74) is 18.9. The molecule has 55 heavy (non-hydrogen) atoms. The second-order valence-corrected chi connectivity index (χ2v) is 15.8. The Morgan fingerprint density at radius 2 is 0.691 bits per heavy atom. The molecule has 2 aliphatic heterocycles. The number of benzene rings is 6. The highest BCUT2D eigenvalue weighted by atomic mass is 32.2. The van der Waals surface area contributed by atoms with E-state index in [1.165, 1.54) is 24.3 Å². The highest BCUT2D eigenvalue weighted by Gasteiger charge is 2.40. The van der Waals surface area contributed by atoms with Crippen molar-refractivity contribution in [2.45, 2.75) is 37.5 Å². The second kappa shape index (κ2) is 12.6. The van der Waals surface area contributed by atoms with E-state index in [0.717, 1.165) is 32.1 Å². The Balaban J connectivity index is 1.10. The molecule has 11 heteroatoms. The molecule has 0 fully saturated rings. The lowest BCUT2D eigenvalue weighted by Gasteiger charge is -2.21. The van der Waals surface area contributed by atoms with E-state index in [-0.39, 0.29) is 43.4 Å². The van der Waals surface area contributed by atoms with Gasteiger partial charge >= 0.3 is 0 Å². The van der Waals surface area contributed by atoms with Crippen molar-refractivity contribution in [2.75, 3.05) is 21.3 Å². The van der Waals surface area contributed by atoms with Gasteiger partial charge < -0.3 is 11.5 Å². The summed E-state index contributed by atoms with van der Waals surface area (Å²) in [5, 5.41) is 0. The summed E-state index contributed by atoms with van der Waals surface area (Å²) in [7, 11) is -4.18. The van der Waals surface area contributed by atoms with E-state index in [2.05, 4.69) is 0 Å². The number of rotatable bonds is 6. The molecular formula is C44H34N4O6S. The van der Waals surface area contributed by atoms with E-state index < -0.39 is 33.5 Å². The van der Waals surface area contributed by atoms with Crippen LogP contribution in [0.15, 0.2) is 119 Å². The Bertz CT molecular complexity index is 2580. The zero-order valence-corrected chi connectivity index (χ0v) is 31.1. The molecular weight excluding hydrogens is 713 g/mol. The van der Waals surface area contributed by atoms with Gasteiger partial charge in [-0.05, 0) is 145 Å². The van der Waals surface area contributed by atoms with Crippen LogP contribution in [0.2, 0.25) is 0 Å². The molecule has 6 aromatic carbocycles. The first-order valence-corrected chi connectivity index (χ1v) is 18.9. The predicted octanol–water partition coefficient (Wildman–Crippen LogP) is 7.85. The molecule has 0 saturated heterocycles. The van der Waals surface area contributed by atoms with Crippen molar-refractivity contribution in [3.8, 4) is 22.3 Å². The molecule has 0 aliphatic carbocycles. The largest absolute Gasteiger partial charge is 0.399 e. The van der Waals surface area contributed by atoms with Crippen LogP contribution in [0.5, 0.6) is 0 Å². The Morgan fingerprint density at radius 3 is 1.02 bits per heavy atom. The lowest BCUT2D eigenvalue weighted by molar-refractivity contribution is 0.0910. The zero-order chi connectivity index (χ0) is 39.1. The van der Waals surface area contributed by atoms with Crippen molar-refractivity contribution < 1.29 is 27.6 Å². The van der Waals surface area contributed by atoms with Crippen molar-refractivity contribution in [1.29, 1.82) is 0 Å². The minimum atomic E-state index is -4.18. The number of hydrogen-bond acceptors (Lipinski definition) is 8. The molecule has 0 unspecified atom stereocenters. The van der Waals surface area contributed by atoms with E-state index in [1.54, 1.807) is 88.4 Å².